The van der Waals surface area contributed by atoms with Crippen LogP contribution in [0.3, 0.4) is 0 Å². The molecule has 5 nitrogen and oxygen atoms in total. The maximum absolute atomic E-state index is 12.3. The van der Waals surface area contributed by atoms with Gasteiger partial charge in [0, 0.05) is 12.1 Å². The van der Waals surface area contributed by atoms with Crippen molar-refractivity contribution in [3.8, 4) is 17.2 Å². The van der Waals surface area contributed by atoms with Crippen molar-refractivity contribution in [2.45, 2.75) is 19.8 Å². The Morgan fingerprint density at radius 2 is 1.88 bits per heavy atom. The van der Waals surface area contributed by atoms with E-state index < -0.39 is 0 Å². The van der Waals surface area contributed by atoms with Crippen LogP contribution in [0.25, 0.3) is 0 Å². The molecule has 26 heavy (non-hydrogen) atoms. The number of ether oxygens (including phenoxy) is 3. The van der Waals surface area contributed by atoms with Gasteiger partial charge in [0.2, 0.25) is 0 Å². The first-order valence-corrected chi connectivity index (χ1v) is 9.00. The zero-order chi connectivity index (χ0) is 18.8. The maximum atomic E-state index is 12.3. The second kappa shape index (κ2) is 10.6. The standard InChI is InChI=1S/C20H24ClNO4/c1-3-11-26-19-17(21)13-15(14-18(19)24-2)20(23)22-10-7-12-25-16-8-5-4-6-9-16/h4-6,8-9,13-14H,3,7,10-12H2,1-2H3,(H,22,23). The van der Waals surface area contributed by atoms with Crippen molar-refractivity contribution in [2.75, 3.05) is 26.9 Å². The lowest BCUT2D eigenvalue weighted by Crippen LogP contribution is -2.25. The van der Waals surface area contributed by atoms with Crippen molar-refractivity contribution >= 4 is 17.5 Å². The van der Waals surface area contributed by atoms with Crippen LogP contribution < -0.4 is 19.5 Å². The van der Waals surface area contributed by atoms with Gasteiger partial charge in [-0.15, -0.1) is 0 Å². The molecule has 0 spiro atoms. The molecule has 1 N–H and O–H groups in total. The van der Waals surface area contributed by atoms with Gasteiger partial charge in [-0.05, 0) is 37.1 Å². The highest BCUT2D eigenvalue weighted by Crippen LogP contribution is 2.36. The Bertz CT molecular complexity index is 706. The van der Waals surface area contributed by atoms with E-state index in [2.05, 4.69) is 5.32 Å². The van der Waals surface area contributed by atoms with Crippen molar-refractivity contribution in [3.05, 3.63) is 53.1 Å². The highest BCUT2D eigenvalue weighted by Gasteiger charge is 2.15. The van der Waals surface area contributed by atoms with Gasteiger partial charge < -0.3 is 19.5 Å². The molecule has 0 heterocycles. The molecule has 0 radical (unpaired) electrons. The zero-order valence-corrected chi connectivity index (χ0v) is 15.8. The third kappa shape index (κ3) is 5.85. The van der Waals surface area contributed by atoms with Crippen molar-refractivity contribution in [1.29, 1.82) is 0 Å². The largest absolute Gasteiger partial charge is 0.494 e. The summed E-state index contributed by atoms with van der Waals surface area (Å²) in [5.74, 6) is 1.51. The van der Waals surface area contributed by atoms with Gasteiger partial charge in [-0.2, -0.15) is 0 Å². The number of nitrogens with one attached hydrogen (secondary N) is 1. The van der Waals surface area contributed by atoms with Crippen LogP contribution in [0.2, 0.25) is 5.02 Å². The van der Waals surface area contributed by atoms with Crippen LogP contribution in [0.5, 0.6) is 17.2 Å². The van der Waals surface area contributed by atoms with E-state index in [4.69, 9.17) is 25.8 Å². The lowest BCUT2D eigenvalue weighted by molar-refractivity contribution is 0.0951. The minimum atomic E-state index is -0.216. The Balaban J connectivity index is 1.85. The fourth-order valence-electron chi connectivity index (χ4n) is 2.28. The molecule has 2 rings (SSSR count). The number of para-hydroxylation sites is 1. The van der Waals surface area contributed by atoms with Gasteiger partial charge in [-0.1, -0.05) is 36.7 Å². The molecule has 2 aromatic carbocycles. The highest BCUT2D eigenvalue weighted by molar-refractivity contribution is 6.32. The second-order valence-corrected chi connectivity index (χ2v) is 6.02. The number of carbonyl (C=O) groups is 1. The molecule has 0 aliphatic heterocycles. The van der Waals surface area contributed by atoms with Gasteiger partial charge in [-0.3, -0.25) is 4.79 Å². The predicted molar refractivity (Wildman–Crippen MR) is 103 cm³/mol. The Labute approximate surface area is 159 Å². The minimum absolute atomic E-state index is 0.216. The van der Waals surface area contributed by atoms with E-state index in [1.165, 1.54) is 7.11 Å². The number of amides is 1. The van der Waals surface area contributed by atoms with Crippen LogP contribution in [0.15, 0.2) is 42.5 Å². The Morgan fingerprint density at radius 3 is 2.58 bits per heavy atom. The lowest BCUT2D eigenvalue weighted by Gasteiger charge is -2.14. The molecule has 140 valence electrons. The summed E-state index contributed by atoms with van der Waals surface area (Å²) in [4.78, 5) is 12.3. The van der Waals surface area contributed by atoms with Crippen LogP contribution in [-0.2, 0) is 0 Å². The van der Waals surface area contributed by atoms with Gasteiger partial charge in [0.05, 0.1) is 25.3 Å². The molecule has 2 aromatic rings. The van der Waals surface area contributed by atoms with Gasteiger partial charge in [0.25, 0.3) is 5.91 Å². The summed E-state index contributed by atoms with van der Waals surface area (Å²) in [7, 11) is 1.52. The van der Waals surface area contributed by atoms with Crippen LogP contribution in [0.1, 0.15) is 30.1 Å². The highest BCUT2D eigenvalue weighted by atomic mass is 35.5. The third-order valence-corrected chi connectivity index (χ3v) is 3.84. The summed E-state index contributed by atoms with van der Waals surface area (Å²) >= 11 is 6.24. The van der Waals surface area contributed by atoms with Crippen molar-refractivity contribution in [1.82, 2.24) is 5.32 Å². The number of carbonyl (C=O) groups excluding carboxylic acids is 1. The zero-order valence-electron chi connectivity index (χ0n) is 15.1. The summed E-state index contributed by atoms with van der Waals surface area (Å²) in [6.45, 7) is 3.56. The van der Waals surface area contributed by atoms with E-state index in [0.717, 1.165) is 12.2 Å². The van der Waals surface area contributed by atoms with Crippen molar-refractivity contribution < 1.29 is 19.0 Å². The smallest absolute Gasteiger partial charge is 0.251 e. The molecule has 0 saturated heterocycles. The predicted octanol–water partition coefficient (Wildman–Crippen LogP) is 4.34. The SMILES string of the molecule is CCCOc1c(Cl)cc(C(=O)NCCCOc2ccccc2)cc1OC. The van der Waals surface area contributed by atoms with Crippen LogP contribution >= 0.6 is 11.6 Å². The Kier molecular flexibility index (Phi) is 8.09. The van der Waals surface area contributed by atoms with Crippen molar-refractivity contribution in [2.24, 2.45) is 0 Å². The summed E-state index contributed by atoms with van der Waals surface area (Å²) in [6.07, 6.45) is 1.55. The number of methoxy groups -OCH3 is 1. The summed E-state index contributed by atoms with van der Waals surface area (Å²) in [5, 5.41) is 3.21. The van der Waals surface area contributed by atoms with E-state index in [0.29, 0.717) is 48.3 Å². The molecular formula is C20H24ClNO4. The van der Waals surface area contributed by atoms with Crippen LogP contribution in [-0.4, -0.2) is 32.8 Å². The molecule has 6 heteroatoms. The number of hydrogen-bond acceptors (Lipinski definition) is 4. The first-order chi connectivity index (χ1) is 12.7. The quantitative estimate of drug-likeness (QED) is 0.626. The fourth-order valence-corrected chi connectivity index (χ4v) is 2.54. The monoisotopic (exact) mass is 377 g/mol. The molecule has 0 fully saturated rings. The second-order valence-electron chi connectivity index (χ2n) is 5.61. The van der Waals surface area contributed by atoms with Gasteiger partial charge in [0.15, 0.2) is 11.5 Å². The van der Waals surface area contributed by atoms with Gasteiger partial charge in [0.1, 0.15) is 5.75 Å². The Hall–Kier alpha value is -2.40. The van der Waals surface area contributed by atoms with E-state index in [-0.39, 0.29) is 5.91 Å². The number of hydrogen-bond donors (Lipinski definition) is 1. The van der Waals surface area contributed by atoms with E-state index in [9.17, 15) is 4.79 Å². The maximum Gasteiger partial charge on any atom is 0.251 e. The fraction of sp³-hybridized carbons (Fsp3) is 0.350. The average molecular weight is 378 g/mol. The van der Waals surface area contributed by atoms with Gasteiger partial charge in [-0.25, -0.2) is 0 Å². The number of halogens is 1. The normalized spacial score (nSPS) is 10.3. The van der Waals surface area contributed by atoms with E-state index in [1.54, 1.807) is 12.1 Å². The summed E-state index contributed by atoms with van der Waals surface area (Å²) < 4.78 is 16.5. The Morgan fingerprint density at radius 1 is 1.12 bits per heavy atom. The molecule has 0 bridgehead atoms. The number of benzene rings is 2. The van der Waals surface area contributed by atoms with Crippen LogP contribution in [0, 0.1) is 0 Å². The van der Waals surface area contributed by atoms with Crippen molar-refractivity contribution in [3.63, 3.8) is 0 Å². The summed E-state index contributed by atoms with van der Waals surface area (Å²) in [6, 6.07) is 12.8. The number of rotatable bonds is 10. The van der Waals surface area contributed by atoms with Gasteiger partial charge >= 0.3 is 0 Å². The molecule has 0 aliphatic carbocycles. The molecule has 0 atom stereocenters. The van der Waals surface area contributed by atoms with Crippen LogP contribution in [0.4, 0.5) is 0 Å². The lowest BCUT2D eigenvalue weighted by atomic mass is 10.2. The summed E-state index contributed by atoms with van der Waals surface area (Å²) in [5.41, 5.74) is 0.430. The molecule has 0 saturated carbocycles. The first-order valence-electron chi connectivity index (χ1n) is 8.62. The molecular weight excluding hydrogens is 354 g/mol. The molecule has 0 aliphatic rings. The average Bonchev–Trinajstić information content (AvgIpc) is 2.66. The topological polar surface area (TPSA) is 56.8 Å². The third-order valence-electron chi connectivity index (χ3n) is 3.56. The molecule has 1 amide bonds. The van der Waals surface area contributed by atoms with E-state index in [1.807, 2.05) is 37.3 Å². The minimum Gasteiger partial charge on any atom is -0.494 e. The van der Waals surface area contributed by atoms with E-state index >= 15 is 0 Å². The molecule has 0 aromatic heterocycles. The first kappa shape index (κ1) is 19.9. The molecule has 0 unspecified atom stereocenters.